The number of rotatable bonds is 6. The molecule has 5 rings (SSSR count). The van der Waals surface area contributed by atoms with Crippen molar-refractivity contribution in [3.8, 4) is 17.2 Å². The number of hydrogen-bond acceptors (Lipinski definition) is 7. The van der Waals surface area contributed by atoms with Gasteiger partial charge in [-0.1, -0.05) is 31.0 Å². The van der Waals surface area contributed by atoms with Crippen molar-refractivity contribution in [2.45, 2.75) is 57.1 Å². The number of hydrogen-bond donors (Lipinski definition) is 0. The third-order valence-electron chi connectivity index (χ3n) is 6.05. The Morgan fingerprint density at radius 3 is 2.74 bits per heavy atom. The molecule has 1 aliphatic heterocycles. The number of Topliss-reactive ketones (excluding diaryl/α,β-unsaturated/α-hetero) is 1. The molecule has 0 radical (unpaired) electrons. The van der Waals surface area contributed by atoms with E-state index in [9.17, 15) is 4.79 Å². The summed E-state index contributed by atoms with van der Waals surface area (Å²) >= 11 is 1.31. The predicted molar refractivity (Wildman–Crippen MR) is 117 cm³/mol. The molecule has 1 aromatic carbocycles. The fourth-order valence-corrected chi connectivity index (χ4v) is 5.12. The molecule has 0 unspecified atom stereocenters. The number of ether oxygens (including phenoxy) is 2. The summed E-state index contributed by atoms with van der Waals surface area (Å²) in [7, 11) is 0. The molecule has 0 bridgehead atoms. The Bertz CT molecular complexity index is 1110. The summed E-state index contributed by atoms with van der Waals surface area (Å²) in [5, 5.41) is 8.84. The van der Waals surface area contributed by atoms with Gasteiger partial charge in [0.1, 0.15) is 0 Å². The summed E-state index contributed by atoms with van der Waals surface area (Å²) in [6, 6.07) is 7.75. The van der Waals surface area contributed by atoms with Gasteiger partial charge in [0.2, 0.25) is 12.7 Å². The fraction of sp³-hybridized carbons (Fsp3) is 0.435. The first-order chi connectivity index (χ1) is 15.1. The van der Waals surface area contributed by atoms with Gasteiger partial charge in [-0.3, -0.25) is 4.79 Å². The number of nitrogens with zero attached hydrogens (tertiary/aromatic N) is 3. The van der Waals surface area contributed by atoms with Crippen molar-refractivity contribution in [1.29, 1.82) is 0 Å². The maximum atomic E-state index is 13.0. The van der Waals surface area contributed by atoms with Crippen molar-refractivity contribution in [3.05, 3.63) is 47.1 Å². The molecule has 3 aromatic rings. The summed E-state index contributed by atoms with van der Waals surface area (Å²) in [4.78, 5) is 13.0. The molecule has 31 heavy (non-hydrogen) atoms. The van der Waals surface area contributed by atoms with Crippen LogP contribution < -0.4 is 9.47 Å². The molecule has 7 nitrogen and oxygen atoms in total. The van der Waals surface area contributed by atoms with E-state index < -0.39 is 0 Å². The van der Waals surface area contributed by atoms with Gasteiger partial charge in [0, 0.05) is 34.6 Å². The van der Waals surface area contributed by atoms with Crippen LogP contribution in [0.2, 0.25) is 0 Å². The van der Waals surface area contributed by atoms with Gasteiger partial charge in [0.25, 0.3) is 5.22 Å². The predicted octanol–water partition coefficient (Wildman–Crippen LogP) is 5.23. The van der Waals surface area contributed by atoms with Crippen molar-refractivity contribution in [2.24, 2.45) is 0 Å². The topological polar surface area (TPSA) is 79.4 Å². The first-order valence-corrected chi connectivity index (χ1v) is 11.7. The van der Waals surface area contributed by atoms with Crippen LogP contribution in [0.4, 0.5) is 0 Å². The molecule has 3 heterocycles. The minimum Gasteiger partial charge on any atom is -0.454 e. The van der Waals surface area contributed by atoms with Crippen molar-refractivity contribution in [2.75, 3.05) is 12.5 Å². The molecule has 0 saturated heterocycles. The summed E-state index contributed by atoms with van der Waals surface area (Å²) in [5.74, 6) is 2.85. The van der Waals surface area contributed by atoms with Crippen LogP contribution in [0.15, 0.2) is 33.9 Å². The maximum Gasteiger partial charge on any atom is 0.277 e. The number of aryl methyl sites for hydroxylation is 1. The number of aromatic nitrogens is 3. The van der Waals surface area contributed by atoms with E-state index in [1.807, 2.05) is 38.1 Å². The van der Waals surface area contributed by atoms with E-state index in [0.29, 0.717) is 16.7 Å². The average molecular weight is 440 g/mol. The fourth-order valence-electron chi connectivity index (χ4n) is 4.46. The standard InChI is InChI=1S/C23H25N3O4S/c1-14-10-18(15(2)26(14)17-8-9-20-21(11-17)29-13-28-20)19(27)12-31-23-25-24-22(30-23)16-6-4-3-5-7-16/h8-11,16H,3-7,12-13H2,1-2H3. The Labute approximate surface area is 185 Å². The van der Waals surface area contributed by atoms with E-state index in [1.54, 1.807) is 0 Å². The molecule has 8 heteroatoms. The van der Waals surface area contributed by atoms with E-state index >= 15 is 0 Å². The van der Waals surface area contributed by atoms with Crippen LogP contribution in [-0.4, -0.2) is 33.1 Å². The third kappa shape index (κ3) is 3.96. The van der Waals surface area contributed by atoms with E-state index in [2.05, 4.69) is 14.8 Å². The van der Waals surface area contributed by atoms with Gasteiger partial charge >= 0.3 is 0 Å². The van der Waals surface area contributed by atoms with Crippen LogP contribution in [0.5, 0.6) is 11.5 Å². The number of fused-ring (bicyclic) bond motifs is 1. The van der Waals surface area contributed by atoms with E-state index in [0.717, 1.165) is 47.3 Å². The van der Waals surface area contributed by atoms with Crippen molar-refractivity contribution >= 4 is 17.5 Å². The lowest BCUT2D eigenvalue weighted by atomic mass is 9.89. The molecule has 2 aromatic heterocycles. The van der Waals surface area contributed by atoms with Gasteiger partial charge in [0.05, 0.1) is 5.75 Å². The number of carbonyl (C=O) groups excluding carboxylic acids is 1. The Hall–Kier alpha value is -2.74. The van der Waals surface area contributed by atoms with Gasteiger partial charge in [-0.25, -0.2) is 0 Å². The summed E-state index contributed by atoms with van der Waals surface area (Å²) in [6.45, 7) is 4.20. The lowest BCUT2D eigenvalue weighted by Gasteiger charge is -2.17. The average Bonchev–Trinajstić information content (AvgIpc) is 3.51. The summed E-state index contributed by atoms with van der Waals surface area (Å²) in [6.07, 6.45) is 5.93. The molecule has 0 amide bonds. The van der Waals surface area contributed by atoms with E-state index in [-0.39, 0.29) is 18.3 Å². The zero-order chi connectivity index (χ0) is 21.4. The van der Waals surface area contributed by atoms with Crippen LogP contribution in [0, 0.1) is 13.8 Å². The lowest BCUT2D eigenvalue weighted by Crippen LogP contribution is -2.05. The Balaban J connectivity index is 1.29. The molecule has 0 N–H and O–H groups in total. The smallest absolute Gasteiger partial charge is 0.277 e. The normalized spacial score (nSPS) is 16.1. The highest BCUT2D eigenvalue weighted by Gasteiger charge is 2.23. The van der Waals surface area contributed by atoms with Crippen LogP contribution in [-0.2, 0) is 0 Å². The van der Waals surface area contributed by atoms with E-state index in [4.69, 9.17) is 13.9 Å². The Kier molecular flexibility index (Phi) is 5.48. The highest BCUT2D eigenvalue weighted by Crippen LogP contribution is 2.35. The van der Waals surface area contributed by atoms with Gasteiger partial charge < -0.3 is 18.5 Å². The molecule has 1 aliphatic carbocycles. The van der Waals surface area contributed by atoms with Gasteiger partial charge in [0.15, 0.2) is 17.3 Å². The van der Waals surface area contributed by atoms with Crippen molar-refractivity contribution < 1.29 is 18.7 Å². The van der Waals surface area contributed by atoms with Crippen LogP contribution in [0.1, 0.15) is 65.7 Å². The van der Waals surface area contributed by atoms with Crippen molar-refractivity contribution in [3.63, 3.8) is 0 Å². The zero-order valence-corrected chi connectivity index (χ0v) is 18.5. The Morgan fingerprint density at radius 1 is 1.10 bits per heavy atom. The largest absolute Gasteiger partial charge is 0.454 e. The van der Waals surface area contributed by atoms with Crippen LogP contribution in [0.3, 0.4) is 0 Å². The van der Waals surface area contributed by atoms with Gasteiger partial charge in [-0.15, -0.1) is 10.2 Å². The first kappa shape index (κ1) is 20.2. The molecule has 1 saturated carbocycles. The molecule has 1 fully saturated rings. The number of carbonyl (C=O) groups is 1. The second-order valence-electron chi connectivity index (χ2n) is 8.11. The monoisotopic (exact) mass is 439 g/mol. The lowest BCUT2D eigenvalue weighted by molar-refractivity contribution is 0.102. The van der Waals surface area contributed by atoms with Gasteiger partial charge in [-0.05, 0) is 44.9 Å². The quantitative estimate of drug-likeness (QED) is 0.384. The molecular weight excluding hydrogens is 414 g/mol. The van der Waals surface area contributed by atoms with Crippen LogP contribution in [0.25, 0.3) is 5.69 Å². The zero-order valence-electron chi connectivity index (χ0n) is 17.7. The van der Waals surface area contributed by atoms with E-state index in [1.165, 1.54) is 31.0 Å². The molecule has 0 atom stereocenters. The highest BCUT2D eigenvalue weighted by molar-refractivity contribution is 7.99. The highest BCUT2D eigenvalue weighted by atomic mass is 32.2. The molecule has 162 valence electrons. The molecule has 2 aliphatic rings. The number of thioether (sulfide) groups is 1. The Morgan fingerprint density at radius 2 is 1.90 bits per heavy atom. The number of ketones is 1. The summed E-state index contributed by atoms with van der Waals surface area (Å²) < 4.78 is 18.8. The van der Waals surface area contributed by atoms with Crippen LogP contribution >= 0.6 is 11.8 Å². The second-order valence-corrected chi connectivity index (χ2v) is 9.04. The molecule has 0 spiro atoms. The van der Waals surface area contributed by atoms with Crippen molar-refractivity contribution in [1.82, 2.24) is 14.8 Å². The molecular formula is C23H25N3O4S. The third-order valence-corrected chi connectivity index (χ3v) is 6.87. The summed E-state index contributed by atoms with van der Waals surface area (Å²) in [5.41, 5.74) is 3.53. The second kappa shape index (κ2) is 8.42. The minimum atomic E-state index is 0.0440. The maximum absolute atomic E-state index is 13.0. The SMILES string of the molecule is Cc1cc(C(=O)CSc2nnc(C3CCCCC3)o2)c(C)n1-c1ccc2c(c1)OCO2. The van der Waals surface area contributed by atoms with Gasteiger partial charge in [-0.2, -0.15) is 0 Å². The number of benzene rings is 1. The first-order valence-electron chi connectivity index (χ1n) is 10.7. The minimum absolute atomic E-state index is 0.0440.